The van der Waals surface area contributed by atoms with Crippen LogP contribution in [0.2, 0.25) is 0 Å². The lowest BCUT2D eigenvalue weighted by atomic mass is 10.2. The fraction of sp³-hybridized carbons (Fsp3) is 0.643. The third kappa shape index (κ3) is 3.73. The summed E-state index contributed by atoms with van der Waals surface area (Å²) in [5, 5.41) is 7.99. The van der Waals surface area contributed by atoms with Crippen LogP contribution in [-0.2, 0) is 13.0 Å². The first kappa shape index (κ1) is 16.0. The zero-order valence-corrected chi connectivity index (χ0v) is 14.2. The maximum atomic E-state index is 12.6. The van der Waals surface area contributed by atoms with E-state index in [4.69, 9.17) is 4.52 Å². The quantitative estimate of drug-likeness (QED) is 0.809. The highest BCUT2D eigenvalue weighted by atomic mass is 32.1. The molecule has 0 radical (unpaired) electrons. The van der Waals surface area contributed by atoms with Gasteiger partial charge in [-0.2, -0.15) is 4.98 Å². The van der Waals surface area contributed by atoms with Crippen molar-refractivity contribution in [3.8, 4) is 0 Å². The molecule has 0 saturated carbocycles. The molecule has 1 amide bonds. The second kappa shape index (κ2) is 7.14. The van der Waals surface area contributed by atoms with Crippen LogP contribution in [0.25, 0.3) is 0 Å². The molecular formula is C14H20N6O2S. The number of aryl methyl sites for hydroxylation is 2. The second-order valence-corrected chi connectivity index (χ2v) is 6.35. The Morgan fingerprint density at radius 1 is 1.30 bits per heavy atom. The molecule has 0 N–H and O–H groups in total. The summed E-state index contributed by atoms with van der Waals surface area (Å²) in [5.41, 5.74) is 0.826. The van der Waals surface area contributed by atoms with Gasteiger partial charge >= 0.3 is 0 Å². The zero-order valence-electron chi connectivity index (χ0n) is 13.4. The molecule has 1 saturated heterocycles. The Hall–Kier alpha value is -1.87. The van der Waals surface area contributed by atoms with Crippen molar-refractivity contribution in [3.05, 3.63) is 22.3 Å². The highest BCUT2D eigenvalue weighted by molar-refractivity contribution is 7.08. The van der Waals surface area contributed by atoms with Crippen molar-refractivity contribution in [2.45, 2.75) is 33.2 Å². The van der Waals surface area contributed by atoms with E-state index in [1.807, 2.05) is 4.90 Å². The number of hydrogen-bond donors (Lipinski definition) is 0. The van der Waals surface area contributed by atoms with Crippen LogP contribution in [0.4, 0.5) is 0 Å². The Kier molecular flexibility index (Phi) is 4.97. The molecule has 0 aromatic carbocycles. The van der Waals surface area contributed by atoms with E-state index in [9.17, 15) is 4.79 Å². The van der Waals surface area contributed by atoms with Gasteiger partial charge < -0.3 is 9.42 Å². The molecule has 1 fully saturated rings. The van der Waals surface area contributed by atoms with Crippen molar-refractivity contribution in [1.82, 2.24) is 29.5 Å². The molecule has 0 aliphatic carbocycles. The Labute approximate surface area is 138 Å². The predicted octanol–water partition coefficient (Wildman–Crippen LogP) is 1.14. The number of rotatable bonds is 5. The van der Waals surface area contributed by atoms with E-state index in [0.717, 1.165) is 31.6 Å². The Morgan fingerprint density at radius 2 is 2.09 bits per heavy atom. The van der Waals surface area contributed by atoms with Gasteiger partial charge in [0.15, 0.2) is 5.82 Å². The van der Waals surface area contributed by atoms with Crippen molar-refractivity contribution in [1.29, 1.82) is 0 Å². The average Bonchev–Trinajstić information content (AvgIpc) is 3.17. The summed E-state index contributed by atoms with van der Waals surface area (Å²) >= 11 is 1.20. The highest BCUT2D eigenvalue weighted by Crippen LogP contribution is 2.17. The maximum Gasteiger partial charge on any atom is 0.267 e. The molecule has 0 atom stereocenters. The van der Waals surface area contributed by atoms with Gasteiger partial charge in [-0.25, -0.2) is 0 Å². The summed E-state index contributed by atoms with van der Waals surface area (Å²) in [6.07, 6.45) is 1.76. The molecule has 1 aliphatic rings. The minimum absolute atomic E-state index is 0.0542. The van der Waals surface area contributed by atoms with Crippen molar-refractivity contribution in [3.63, 3.8) is 0 Å². The number of carbonyl (C=O) groups is 1. The molecular weight excluding hydrogens is 316 g/mol. The molecule has 23 heavy (non-hydrogen) atoms. The third-order valence-electron chi connectivity index (χ3n) is 3.83. The van der Waals surface area contributed by atoms with Crippen LogP contribution in [0.3, 0.4) is 0 Å². The lowest BCUT2D eigenvalue weighted by molar-refractivity contribution is 0.0628. The fourth-order valence-electron chi connectivity index (χ4n) is 2.63. The molecule has 2 aromatic rings. The van der Waals surface area contributed by atoms with Crippen LogP contribution >= 0.6 is 11.5 Å². The Morgan fingerprint density at radius 3 is 2.74 bits per heavy atom. The van der Waals surface area contributed by atoms with Gasteiger partial charge in [0.2, 0.25) is 5.89 Å². The first-order valence-electron chi connectivity index (χ1n) is 7.79. The molecule has 0 unspecified atom stereocenters. The van der Waals surface area contributed by atoms with E-state index in [1.54, 1.807) is 6.92 Å². The van der Waals surface area contributed by atoms with Crippen LogP contribution < -0.4 is 0 Å². The van der Waals surface area contributed by atoms with Gasteiger partial charge in [0, 0.05) is 33.1 Å². The number of aromatic nitrogens is 4. The normalized spacial score (nSPS) is 16.0. The van der Waals surface area contributed by atoms with Gasteiger partial charge in [-0.3, -0.25) is 9.69 Å². The first-order valence-corrected chi connectivity index (χ1v) is 8.56. The monoisotopic (exact) mass is 336 g/mol. The molecule has 0 bridgehead atoms. The van der Waals surface area contributed by atoms with Crippen molar-refractivity contribution in [2.24, 2.45) is 0 Å². The van der Waals surface area contributed by atoms with Crippen molar-refractivity contribution in [2.75, 3.05) is 26.2 Å². The summed E-state index contributed by atoms with van der Waals surface area (Å²) < 4.78 is 8.92. The van der Waals surface area contributed by atoms with E-state index < -0.39 is 0 Å². The lowest BCUT2D eigenvalue weighted by Crippen LogP contribution is -2.48. The van der Waals surface area contributed by atoms with Gasteiger partial charge in [-0.15, -0.1) is 5.10 Å². The van der Waals surface area contributed by atoms with Crippen LogP contribution in [0, 0.1) is 6.92 Å². The maximum absolute atomic E-state index is 12.6. The molecule has 124 valence electrons. The van der Waals surface area contributed by atoms with Crippen LogP contribution in [-0.4, -0.2) is 61.6 Å². The predicted molar refractivity (Wildman–Crippen MR) is 84.1 cm³/mol. The van der Waals surface area contributed by atoms with Gasteiger partial charge in [0.05, 0.1) is 12.2 Å². The van der Waals surface area contributed by atoms with Crippen LogP contribution in [0.5, 0.6) is 0 Å². The average molecular weight is 336 g/mol. The third-order valence-corrected chi connectivity index (χ3v) is 4.59. The molecule has 1 aliphatic heterocycles. The summed E-state index contributed by atoms with van der Waals surface area (Å²) in [4.78, 5) is 21.6. The summed E-state index contributed by atoms with van der Waals surface area (Å²) in [6.45, 7) is 7.50. The number of carbonyl (C=O) groups excluding carboxylic acids is 1. The number of piperazine rings is 1. The molecule has 2 aromatic heterocycles. The number of nitrogens with zero attached hydrogens (tertiary/aromatic N) is 6. The molecule has 3 heterocycles. The highest BCUT2D eigenvalue weighted by Gasteiger charge is 2.26. The van der Waals surface area contributed by atoms with E-state index in [0.29, 0.717) is 36.2 Å². The summed E-state index contributed by atoms with van der Waals surface area (Å²) in [7, 11) is 0. The SMILES string of the molecule is CCCc1nnsc1C(=O)N1CCN(Cc2noc(C)n2)CC1. The molecule has 0 spiro atoms. The van der Waals surface area contributed by atoms with Gasteiger partial charge in [0.1, 0.15) is 4.88 Å². The largest absolute Gasteiger partial charge is 0.340 e. The lowest BCUT2D eigenvalue weighted by Gasteiger charge is -2.33. The Bertz CT molecular complexity index is 662. The van der Waals surface area contributed by atoms with Crippen molar-refractivity contribution >= 4 is 17.4 Å². The Balaban J connectivity index is 1.56. The van der Waals surface area contributed by atoms with Crippen LogP contribution in [0.1, 0.15) is 40.4 Å². The van der Waals surface area contributed by atoms with E-state index >= 15 is 0 Å². The fourth-order valence-corrected chi connectivity index (χ4v) is 3.31. The molecule has 8 nitrogen and oxygen atoms in total. The second-order valence-electron chi connectivity index (χ2n) is 5.60. The van der Waals surface area contributed by atoms with Crippen molar-refractivity contribution < 1.29 is 9.32 Å². The minimum atomic E-state index is 0.0542. The topological polar surface area (TPSA) is 88.3 Å². The van der Waals surface area contributed by atoms with Crippen LogP contribution in [0.15, 0.2) is 4.52 Å². The number of hydrogen-bond acceptors (Lipinski definition) is 8. The first-order chi connectivity index (χ1) is 11.2. The minimum Gasteiger partial charge on any atom is -0.340 e. The van der Waals surface area contributed by atoms with Gasteiger partial charge in [0.25, 0.3) is 5.91 Å². The smallest absolute Gasteiger partial charge is 0.267 e. The van der Waals surface area contributed by atoms with Gasteiger partial charge in [-0.1, -0.05) is 23.0 Å². The molecule has 3 rings (SSSR count). The summed E-state index contributed by atoms with van der Waals surface area (Å²) in [6, 6.07) is 0. The number of amides is 1. The van der Waals surface area contributed by atoms with E-state index in [1.165, 1.54) is 11.5 Å². The standard InChI is InChI=1S/C14H20N6O2S/c1-3-4-11-13(23-18-16-11)14(21)20-7-5-19(6-8-20)9-12-15-10(2)22-17-12/h3-9H2,1-2H3. The van der Waals surface area contributed by atoms with E-state index in [-0.39, 0.29) is 5.91 Å². The summed E-state index contributed by atoms with van der Waals surface area (Å²) in [5.74, 6) is 1.33. The van der Waals surface area contributed by atoms with Gasteiger partial charge in [-0.05, 0) is 18.0 Å². The molecule has 9 heteroatoms. The van der Waals surface area contributed by atoms with E-state index in [2.05, 4.69) is 31.6 Å². The zero-order chi connectivity index (χ0) is 16.2.